The van der Waals surface area contributed by atoms with Gasteiger partial charge in [0.2, 0.25) is 0 Å². The lowest BCUT2D eigenvalue weighted by Gasteiger charge is -2.20. The van der Waals surface area contributed by atoms with Crippen molar-refractivity contribution >= 4 is 47.2 Å². The molecule has 1 atom stereocenters. The van der Waals surface area contributed by atoms with E-state index in [9.17, 15) is 0 Å². The Kier molecular flexibility index (Phi) is 8.03. The molecule has 4 aromatic rings. The van der Waals surface area contributed by atoms with Crippen LogP contribution in [0.25, 0.3) is 5.69 Å². The number of imidazole rings is 1. The molecule has 31 heavy (non-hydrogen) atoms. The van der Waals surface area contributed by atoms with Crippen molar-refractivity contribution in [2.24, 2.45) is 0 Å². The van der Waals surface area contributed by atoms with Gasteiger partial charge in [-0.05, 0) is 31.2 Å². The lowest BCUT2D eigenvalue weighted by molar-refractivity contribution is 0.0278. The fourth-order valence-corrected chi connectivity index (χ4v) is 4.07. The third kappa shape index (κ3) is 5.43. The molecule has 9 heteroatoms. The molecule has 0 fully saturated rings. The van der Waals surface area contributed by atoms with Crippen LogP contribution in [0.1, 0.15) is 22.9 Å². The van der Waals surface area contributed by atoms with Gasteiger partial charge in [-0.1, -0.05) is 59.1 Å². The van der Waals surface area contributed by atoms with E-state index < -0.39 is 0 Å². The number of aryl methyl sites for hydroxylation is 1. The number of ether oxygens (including phenoxy) is 1. The molecule has 0 bridgehead atoms. The van der Waals surface area contributed by atoms with E-state index in [1.54, 1.807) is 29.3 Å². The first kappa shape index (κ1) is 23.6. The molecule has 0 amide bonds. The van der Waals surface area contributed by atoms with Crippen LogP contribution in [0.2, 0.25) is 15.2 Å². The molecule has 2 heterocycles. The number of hydrogen-bond donors (Lipinski definition) is 0. The molecule has 162 valence electrons. The lowest BCUT2D eigenvalue weighted by atomic mass is 10.1. The lowest BCUT2D eigenvalue weighted by Crippen LogP contribution is -2.13. The molecule has 0 aliphatic carbocycles. The molecule has 5 nitrogen and oxygen atoms in total. The highest BCUT2D eigenvalue weighted by Crippen LogP contribution is 2.32. The molecule has 2 aromatic carbocycles. The molecule has 0 saturated carbocycles. The number of nitrogens with zero attached hydrogens (tertiary/aromatic N) is 4. The summed E-state index contributed by atoms with van der Waals surface area (Å²) < 4.78 is 9.97. The van der Waals surface area contributed by atoms with Crippen LogP contribution in [0, 0.1) is 6.92 Å². The van der Waals surface area contributed by atoms with Crippen molar-refractivity contribution in [3.63, 3.8) is 0 Å². The predicted molar refractivity (Wildman–Crippen MR) is 127 cm³/mol. The number of aromatic nitrogens is 4. The van der Waals surface area contributed by atoms with Crippen molar-refractivity contribution in [1.29, 1.82) is 0 Å². The average molecular weight is 498 g/mol. The second-order valence-corrected chi connectivity index (χ2v) is 8.03. The molecule has 0 spiro atoms. The summed E-state index contributed by atoms with van der Waals surface area (Å²) in [4.78, 5) is 4.11. The van der Waals surface area contributed by atoms with Crippen LogP contribution in [-0.4, -0.2) is 19.3 Å². The highest BCUT2D eigenvalue weighted by atomic mass is 35.5. The minimum atomic E-state index is -0.320. The summed E-state index contributed by atoms with van der Waals surface area (Å²) in [5.74, 6) is 0. The van der Waals surface area contributed by atoms with Crippen molar-refractivity contribution in [3.05, 3.63) is 99.3 Å². The van der Waals surface area contributed by atoms with E-state index in [1.165, 1.54) is 0 Å². The smallest absolute Gasteiger partial charge is 0.138 e. The summed E-state index contributed by atoms with van der Waals surface area (Å²) in [5.41, 5.74) is 3.39. The van der Waals surface area contributed by atoms with E-state index in [1.807, 2.05) is 54.1 Å². The summed E-state index contributed by atoms with van der Waals surface area (Å²) in [6.45, 7) is 2.75. The van der Waals surface area contributed by atoms with Crippen LogP contribution in [0.3, 0.4) is 0 Å². The quantitative estimate of drug-likeness (QED) is 0.284. The zero-order chi connectivity index (χ0) is 21.1. The Bertz CT molecular complexity index is 1130. The number of benzene rings is 2. The van der Waals surface area contributed by atoms with Gasteiger partial charge in [-0.3, -0.25) is 0 Å². The fourth-order valence-electron chi connectivity index (χ4n) is 3.21. The Hall–Kier alpha value is -2.02. The molecule has 0 aliphatic rings. The van der Waals surface area contributed by atoms with E-state index in [4.69, 9.17) is 39.5 Å². The van der Waals surface area contributed by atoms with E-state index in [2.05, 4.69) is 10.1 Å². The van der Waals surface area contributed by atoms with Gasteiger partial charge in [-0.25, -0.2) is 9.67 Å². The Morgan fingerprint density at radius 2 is 1.84 bits per heavy atom. The minimum absolute atomic E-state index is 0. The Morgan fingerprint density at radius 3 is 2.52 bits per heavy atom. The van der Waals surface area contributed by atoms with Crippen molar-refractivity contribution in [2.75, 3.05) is 0 Å². The molecule has 4 rings (SSSR count). The second kappa shape index (κ2) is 10.5. The summed E-state index contributed by atoms with van der Waals surface area (Å²) in [6, 6.07) is 15.2. The number of rotatable bonds is 7. The van der Waals surface area contributed by atoms with Gasteiger partial charge in [0.05, 0.1) is 30.9 Å². The van der Waals surface area contributed by atoms with Crippen molar-refractivity contribution in [3.8, 4) is 5.69 Å². The molecular weight excluding hydrogens is 478 g/mol. The molecule has 0 radical (unpaired) electrons. The standard InChI is InChI=1S/C22H19Cl3N4O.ClH/c1-15-19(22(25)29(27-15)17-5-3-2-4-6-17)13-30-21(12-28-10-9-26-14-28)18-8-7-16(23)11-20(18)24;/h2-11,14,21H,12-13H2,1H3;1H. The van der Waals surface area contributed by atoms with E-state index >= 15 is 0 Å². The largest absolute Gasteiger partial charge is 0.367 e. The van der Waals surface area contributed by atoms with E-state index in [0.29, 0.717) is 21.7 Å². The maximum absolute atomic E-state index is 6.65. The second-order valence-electron chi connectivity index (χ2n) is 6.83. The highest BCUT2D eigenvalue weighted by molar-refractivity contribution is 6.35. The average Bonchev–Trinajstić information content (AvgIpc) is 3.34. The summed E-state index contributed by atoms with van der Waals surface area (Å²) in [7, 11) is 0. The van der Waals surface area contributed by atoms with Crippen LogP contribution in [0.4, 0.5) is 0 Å². The van der Waals surface area contributed by atoms with Crippen molar-refractivity contribution in [2.45, 2.75) is 26.2 Å². The summed E-state index contributed by atoms with van der Waals surface area (Å²) >= 11 is 19.2. The summed E-state index contributed by atoms with van der Waals surface area (Å²) in [5, 5.41) is 6.24. The van der Waals surface area contributed by atoms with Gasteiger partial charge in [-0.2, -0.15) is 5.10 Å². The van der Waals surface area contributed by atoms with Crippen molar-refractivity contribution < 1.29 is 4.74 Å². The fraction of sp³-hybridized carbons (Fsp3) is 0.182. The zero-order valence-corrected chi connectivity index (χ0v) is 19.7. The molecule has 0 N–H and O–H groups in total. The van der Waals surface area contributed by atoms with Gasteiger partial charge in [-0.15, -0.1) is 12.4 Å². The first-order valence-corrected chi connectivity index (χ1v) is 10.5. The Balaban J connectivity index is 0.00000272. The predicted octanol–water partition coefficient (Wildman–Crippen LogP) is 6.72. The molecule has 0 saturated heterocycles. The number of para-hydroxylation sites is 1. The Morgan fingerprint density at radius 1 is 1.06 bits per heavy atom. The first-order chi connectivity index (χ1) is 14.5. The van der Waals surface area contributed by atoms with Gasteiger partial charge in [0.1, 0.15) is 11.3 Å². The van der Waals surface area contributed by atoms with Gasteiger partial charge in [0.15, 0.2) is 0 Å². The summed E-state index contributed by atoms with van der Waals surface area (Å²) in [6.07, 6.45) is 5.03. The third-order valence-electron chi connectivity index (χ3n) is 4.80. The van der Waals surface area contributed by atoms with Gasteiger partial charge in [0, 0.05) is 33.6 Å². The first-order valence-electron chi connectivity index (χ1n) is 9.34. The van der Waals surface area contributed by atoms with Gasteiger partial charge < -0.3 is 9.30 Å². The molecule has 1 unspecified atom stereocenters. The van der Waals surface area contributed by atoms with Crippen LogP contribution in [0.5, 0.6) is 0 Å². The van der Waals surface area contributed by atoms with E-state index in [-0.39, 0.29) is 25.1 Å². The maximum Gasteiger partial charge on any atom is 0.138 e. The Labute approximate surface area is 201 Å². The van der Waals surface area contributed by atoms with Gasteiger partial charge >= 0.3 is 0 Å². The maximum atomic E-state index is 6.65. The van der Waals surface area contributed by atoms with Gasteiger partial charge in [0.25, 0.3) is 0 Å². The van der Waals surface area contributed by atoms with Crippen LogP contribution < -0.4 is 0 Å². The number of hydrogen-bond acceptors (Lipinski definition) is 3. The minimum Gasteiger partial charge on any atom is -0.367 e. The normalized spacial score (nSPS) is 11.9. The van der Waals surface area contributed by atoms with Crippen molar-refractivity contribution in [1.82, 2.24) is 19.3 Å². The highest BCUT2D eigenvalue weighted by Gasteiger charge is 2.20. The van der Waals surface area contributed by atoms with E-state index in [0.717, 1.165) is 22.5 Å². The third-order valence-corrected chi connectivity index (χ3v) is 5.75. The SMILES string of the molecule is Cc1nn(-c2ccccc2)c(Cl)c1COC(Cn1ccnc1)c1ccc(Cl)cc1Cl.Cl. The monoisotopic (exact) mass is 496 g/mol. The topological polar surface area (TPSA) is 44.9 Å². The molecule has 0 aliphatic heterocycles. The van der Waals surface area contributed by atoms with Crippen LogP contribution >= 0.6 is 47.2 Å². The number of halogens is 4. The van der Waals surface area contributed by atoms with Crippen LogP contribution in [-0.2, 0) is 17.9 Å². The van der Waals surface area contributed by atoms with Crippen LogP contribution in [0.15, 0.2) is 67.3 Å². The molecular formula is C22H20Cl4N4O. The molecule has 2 aromatic heterocycles. The zero-order valence-electron chi connectivity index (χ0n) is 16.6.